The number of hydrogen-bond acceptors (Lipinski definition) is 3. The Labute approximate surface area is 159 Å². The normalized spacial score (nSPS) is 15.8. The fourth-order valence-electron chi connectivity index (χ4n) is 3.04. The van der Waals surface area contributed by atoms with Gasteiger partial charge < -0.3 is 10.8 Å². The van der Waals surface area contributed by atoms with Crippen molar-refractivity contribution in [1.29, 1.82) is 0 Å². The molecule has 2 unspecified atom stereocenters. The van der Waals surface area contributed by atoms with Crippen molar-refractivity contribution in [2.45, 2.75) is 44.5 Å². The first kappa shape index (κ1) is 21.8. The number of hydrogen-bond donors (Lipinski definition) is 2. The van der Waals surface area contributed by atoms with Gasteiger partial charge >= 0.3 is 6.18 Å². The lowest BCUT2D eigenvalue weighted by Crippen LogP contribution is -2.42. The van der Waals surface area contributed by atoms with Gasteiger partial charge in [-0.2, -0.15) is 13.2 Å². The van der Waals surface area contributed by atoms with Crippen molar-refractivity contribution >= 4 is 11.9 Å². The largest absolute Gasteiger partial charge is 0.416 e. The van der Waals surface area contributed by atoms with E-state index in [1.54, 1.807) is 25.1 Å². The van der Waals surface area contributed by atoms with Gasteiger partial charge in [-0.25, -0.2) is 8.78 Å². The van der Waals surface area contributed by atoms with Crippen LogP contribution in [0.2, 0.25) is 0 Å². The van der Waals surface area contributed by atoms with Crippen molar-refractivity contribution in [1.82, 2.24) is 0 Å². The number of nitrogens with zero attached hydrogens (tertiary/aromatic N) is 1. The van der Waals surface area contributed by atoms with Crippen LogP contribution in [-0.2, 0) is 11.7 Å². The van der Waals surface area contributed by atoms with Crippen LogP contribution in [0.4, 0.5) is 27.6 Å². The zero-order valence-corrected chi connectivity index (χ0v) is 15.3. The summed E-state index contributed by atoms with van der Waals surface area (Å²) in [5, 5.41) is 10.2. The molecule has 8 heteroatoms. The first-order valence-electron chi connectivity index (χ1n) is 8.57. The maximum absolute atomic E-state index is 13.4. The Hall–Kier alpha value is -2.48. The molecule has 0 bridgehead atoms. The Morgan fingerprint density at radius 3 is 2.11 bits per heavy atom. The third-order valence-corrected chi connectivity index (χ3v) is 4.76. The average molecular weight is 400 g/mol. The monoisotopic (exact) mass is 400 g/mol. The minimum atomic E-state index is -4.56. The summed E-state index contributed by atoms with van der Waals surface area (Å²) < 4.78 is 65.3. The Bertz CT molecular complexity index is 813. The molecule has 0 spiro atoms. The number of nitrogen functional groups attached to an aromatic ring is 1. The van der Waals surface area contributed by atoms with Crippen molar-refractivity contribution < 1.29 is 27.1 Å². The smallest absolute Gasteiger partial charge is 0.398 e. The molecule has 2 rings (SSSR count). The van der Waals surface area contributed by atoms with Crippen molar-refractivity contribution in [3.63, 3.8) is 0 Å². The summed E-state index contributed by atoms with van der Waals surface area (Å²) in [5.41, 5.74) is 4.82. The molecule has 0 saturated heterocycles. The zero-order chi connectivity index (χ0) is 21.1. The number of anilines is 1. The zero-order valence-electron chi connectivity index (χ0n) is 15.3. The van der Waals surface area contributed by atoms with Crippen LogP contribution in [0.3, 0.4) is 0 Å². The fourth-order valence-corrected chi connectivity index (χ4v) is 3.04. The highest BCUT2D eigenvalue weighted by Crippen LogP contribution is 2.38. The van der Waals surface area contributed by atoms with Crippen LogP contribution in [-0.4, -0.2) is 23.9 Å². The maximum Gasteiger partial charge on any atom is 0.416 e. The predicted molar refractivity (Wildman–Crippen MR) is 98.6 cm³/mol. The minimum Gasteiger partial charge on any atom is -0.398 e. The summed E-state index contributed by atoms with van der Waals surface area (Å²) in [6.45, 7) is 3.29. The number of alkyl halides is 5. The molecule has 0 fully saturated rings. The number of rotatable bonds is 6. The van der Waals surface area contributed by atoms with Gasteiger partial charge in [0, 0.05) is 17.5 Å². The Kier molecular flexibility index (Phi) is 6.44. The lowest BCUT2D eigenvalue weighted by molar-refractivity contribution is -0.137. The molecule has 0 radical (unpaired) electrons. The Morgan fingerprint density at radius 1 is 1.07 bits per heavy atom. The van der Waals surface area contributed by atoms with E-state index in [0.717, 1.165) is 29.8 Å². The molecule has 0 aliphatic heterocycles. The van der Waals surface area contributed by atoms with Crippen LogP contribution in [0.25, 0.3) is 0 Å². The van der Waals surface area contributed by atoms with Crippen molar-refractivity contribution in [2.75, 3.05) is 5.73 Å². The van der Waals surface area contributed by atoms with E-state index in [4.69, 9.17) is 5.73 Å². The van der Waals surface area contributed by atoms with Crippen LogP contribution >= 0.6 is 0 Å². The quantitative estimate of drug-likeness (QED) is 0.410. The van der Waals surface area contributed by atoms with Gasteiger partial charge in [0.05, 0.1) is 5.56 Å². The second-order valence-electron chi connectivity index (χ2n) is 6.47. The summed E-state index contributed by atoms with van der Waals surface area (Å²) in [6, 6.07) is 8.80. The Morgan fingerprint density at radius 2 is 1.64 bits per heavy atom. The van der Waals surface area contributed by atoms with Crippen LogP contribution in [0.15, 0.2) is 47.5 Å². The molecular weight excluding hydrogens is 379 g/mol. The predicted octanol–water partition coefficient (Wildman–Crippen LogP) is 4.95. The molecule has 2 aromatic rings. The molecule has 152 valence electrons. The van der Waals surface area contributed by atoms with Gasteiger partial charge in [-0.15, -0.1) is 0 Å². The van der Waals surface area contributed by atoms with Gasteiger partial charge in [-0.1, -0.05) is 31.2 Å². The first-order chi connectivity index (χ1) is 13.0. The van der Waals surface area contributed by atoms with E-state index in [-0.39, 0.29) is 12.0 Å². The third kappa shape index (κ3) is 4.32. The second-order valence-corrected chi connectivity index (χ2v) is 6.47. The maximum atomic E-state index is 13.4. The van der Waals surface area contributed by atoms with E-state index in [9.17, 15) is 27.1 Å². The SMILES string of the molecule is CCC(N=Cc1c(C)cccc1N)(c1ccc(C(F)(F)F)cc1)C(O)C(F)F. The van der Waals surface area contributed by atoms with Gasteiger partial charge in [0.1, 0.15) is 11.6 Å². The molecule has 0 heterocycles. The third-order valence-electron chi connectivity index (χ3n) is 4.76. The van der Waals surface area contributed by atoms with Gasteiger partial charge in [0.25, 0.3) is 6.43 Å². The molecule has 0 amide bonds. The molecule has 3 nitrogen and oxygen atoms in total. The standard InChI is InChI=1S/C20H21F5N2O/c1-3-19(17(28)18(21)22,13-7-9-14(10-8-13)20(23,24)25)27-11-15-12(2)5-4-6-16(15)26/h4-11,17-18,28H,3,26H2,1-2H3. The molecule has 2 aromatic carbocycles. The van der Waals surface area contributed by atoms with Gasteiger partial charge in [-0.05, 0) is 42.7 Å². The van der Waals surface area contributed by atoms with E-state index in [1.165, 1.54) is 13.1 Å². The topological polar surface area (TPSA) is 58.6 Å². The summed E-state index contributed by atoms with van der Waals surface area (Å²) in [6.07, 6.45) is -8.69. The second kappa shape index (κ2) is 8.26. The molecular formula is C20H21F5N2O. The highest BCUT2D eigenvalue weighted by Gasteiger charge is 2.43. The molecule has 0 aliphatic carbocycles. The molecule has 3 N–H and O–H groups in total. The van der Waals surface area contributed by atoms with E-state index in [1.807, 2.05) is 0 Å². The number of aliphatic hydroxyl groups is 1. The molecule has 0 saturated carbocycles. The Balaban J connectivity index is 2.59. The molecule has 0 aliphatic rings. The van der Waals surface area contributed by atoms with E-state index >= 15 is 0 Å². The van der Waals surface area contributed by atoms with Crippen LogP contribution in [0.5, 0.6) is 0 Å². The fraction of sp³-hybridized carbons (Fsp3) is 0.350. The van der Waals surface area contributed by atoms with Crippen LogP contribution in [0.1, 0.15) is 35.6 Å². The number of nitrogens with two attached hydrogens (primary N) is 1. The van der Waals surface area contributed by atoms with E-state index < -0.39 is 29.8 Å². The summed E-state index contributed by atoms with van der Waals surface area (Å²) in [5.74, 6) is 0. The number of benzene rings is 2. The number of aryl methyl sites for hydroxylation is 1. The van der Waals surface area contributed by atoms with Gasteiger partial charge in [0.2, 0.25) is 0 Å². The molecule has 0 aromatic heterocycles. The first-order valence-corrected chi connectivity index (χ1v) is 8.57. The van der Waals surface area contributed by atoms with E-state index in [2.05, 4.69) is 4.99 Å². The van der Waals surface area contributed by atoms with Gasteiger partial charge in [0.15, 0.2) is 0 Å². The van der Waals surface area contributed by atoms with Gasteiger partial charge in [-0.3, -0.25) is 4.99 Å². The summed E-state index contributed by atoms with van der Waals surface area (Å²) in [7, 11) is 0. The van der Waals surface area contributed by atoms with Crippen LogP contribution < -0.4 is 5.73 Å². The molecule has 2 atom stereocenters. The lowest BCUT2D eigenvalue weighted by atomic mass is 9.82. The summed E-state index contributed by atoms with van der Waals surface area (Å²) >= 11 is 0. The van der Waals surface area contributed by atoms with Crippen molar-refractivity contribution in [2.24, 2.45) is 4.99 Å². The summed E-state index contributed by atoms with van der Waals surface area (Å²) in [4.78, 5) is 4.23. The molecule has 28 heavy (non-hydrogen) atoms. The van der Waals surface area contributed by atoms with Crippen molar-refractivity contribution in [3.8, 4) is 0 Å². The van der Waals surface area contributed by atoms with Crippen molar-refractivity contribution in [3.05, 3.63) is 64.7 Å². The van der Waals surface area contributed by atoms with E-state index in [0.29, 0.717) is 11.3 Å². The number of halogens is 5. The highest BCUT2D eigenvalue weighted by atomic mass is 19.4. The van der Waals surface area contributed by atoms with Crippen LogP contribution in [0, 0.1) is 6.92 Å². The average Bonchev–Trinajstić information content (AvgIpc) is 2.63. The minimum absolute atomic E-state index is 0.0548. The number of aliphatic imine (C=N–C) groups is 1. The number of aliphatic hydroxyl groups excluding tert-OH is 1. The highest BCUT2D eigenvalue weighted by molar-refractivity contribution is 5.89. The lowest BCUT2D eigenvalue weighted by Gasteiger charge is -2.34.